The summed E-state index contributed by atoms with van der Waals surface area (Å²) in [5.41, 5.74) is 1.33. The molecule has 142 valence electrons. The van der Waals surface area contributed by atoms with E-state index in [1.54, 1.807) is 7.11 Å². The third kappa shape index (κ3) is 4.84. The van der Waals surface area contributed by atoms with Gasteiger partial charge in [0.25, 0.3) is 0 Å². The lowest BCUT2D eigenvalue weighted by molar-refractivity contribution is -0.137. The first-order chi connectivity index (χ1) is 11.8. The Labute approximate surface area is 152 Å². The average molecular weight is 351 g/mol. The number of methoxy groups -OCH3 is 1. The van der Waals surface area contributed by atoms with E-state index in [4.69, 9.17) is 4.74 Å². The number of carbonyl (C=O) groups excluding carboxylic acids is 2. The normalized spacial score (nSPS) is 25.4. The van der Waals surface area contributed by atoms with Crippen molar-refractivity contribution in [3.63, 3.8) is 0 Å². The fraction of sp³-hybridized carbons (Fsp3) is 0.800. The van der Waals surface area contributed by atoms with E-state index in [0.29, 0.717) is 32.2 Å². The van der Waals surface area contributed by atoms with Gasteiger partial charge in [0, 0.05) is 39.3 Å². The van der Waals surface area contributed by atoms with Crippen LogP contribution in [0.15, 0.2) is 11.6 Å². The minimum Gasteiger partial charge on any atom is -0.385 e. The summed E-state index contributed by atoms with van der Waals surface area (Å²) in [5, 5.41) is 2.98. The number of rotatable bonds is 7. The Morgan fingerprint density at radius 3 is 2.44 bits per heavy atom. The summed E-state index contributed by atoms with van der Waals surface area (Å²) in [6.45, 7) is 11.3. The SMILES string of the molecule is COCCCNC(=O)C1CCN(C(=O)[C@@H]2[C@@H](C=C(C)C)C2(C)C)CC1. The summed E-state index contributed by atoms with van der Waals surface area (Å²) >= 11 is 0. The zero-order chi connectivity index (χ0) is 18.6. The maximum absolute atomic E-state index is 12.9. The molecule has 0 radical (unpaired) electrons. The second kappa shape index (κ2) is 8.35. The van der Waals surface area contributed by atoms with E-state index in [0.717, 1.165) is 19.3 Å². The first kappa shape index (κ1) is 20.0. The molecule has 0 spiro atoms. The Morgan fingerprint density at radius 1 is 1.24 bits per heavy atom. The van der Waals surface area contributed by atoms with Crippen molar-refractivity contribution in [2.45, 2.75) is 47.0 Å². The molecule has 1 heterocycles. The van der Waals surface area contributed by atoms with Crippen molar-refractivity contribution in [3.05, 3.63) is 11.6 Å². The molecule has 5 nitrogen and oxygen atoms in total. The largest absolute Gasteiger partial charge is 0.385 e. The molecule has 25 heavy (non-hydrogen) atoms. The van der Waals surface area contributed by atoms with Crippen molar-refractivity contribution in [3.8, 4) is 0 Å². The minimum absolute atomic E-state index is 0.0346. The fourth-order valence-electron chi connectivity index (χ4n) is 3.95. The number of nitrogens with one attached hydrogen (secondary N) is 1. The summed E-state index contributed by atoms with van der Waals surface area (Å²) in [6, 6.07) is 0. The minimum atomic E-state index is 0.0346. The van der Waals surface area contributed by atoms with Crippen LogP contribution in [0.4, 0.5) is 0 Å². The summed E-state index contributed by atoms with van der Waals surface area (Å²) in [6.07, 6.45) is 4.61. The Balaban J connectivity index is 1.79. The van der Waals surface area contributed by atoms with Gasteiger partial charge in [0.05, 0.1) is 5.92 Å². The first-order valence-electron chi connectivity index (χ1n) is 9.49. The molecule has 2 amide bonds. The molecule has 1 aliphatic carbocycles. The van der Waals surface area contributed by atoms with Crippen LogP contribution in [-0.4, -0.2) is 50.1 Å². The predicted molar refractivity (Wildman–Crippen MR) is 99.0 cm³/mol. The number of allylic oxidation sites excluding steroid dienone is 2. The molecule has 0 aromatic rings. The number of likely N-dealkylation sites (tertiary alicyclic amines) is 1. The van der Waals surface area contributed by atoms with Gasteiger partial charge in [-0.15, -0.1) is 0 Å². The summed E-state index contributed by atoms with van der Waals surface area (Å²) in [7, 11) is 1.66. The summed E-state index contributed by atoms with van der Waals surface area (Å²) < 4.78 is 4.99. The Morgan fingerprint density at radius 2 is 1.88 bits per heavy atom. The van der Waals surface area contributed by atoms with E-state index < -0.39 is 0 Å². The van der Waals surface area contributed by atoms with Gasteiger partial charge in [-0.05, 0) is 44.4 Å². The zero-order valence-corrected chi connectivity index (χ0v) is 16.4. The topological polar surface area (TPSA) is 58.6 Å². The van der Waals surface area contributed by atoms with Crippen LogP contribution >= 0.6 is 0 Å². The van der Waals surface area contributed by atoms with Gasteiger partial charge in [0.2, 0.25) is 11.8 Å². The van der Waals surface area contributed by atoms with Crippen molar-refractivity contribution in [2.24, 2.45) is 23.2 Å². The van der Waals surface area contributed by atoms with E-state index in [2.05, 4.69) is 39.1 Å². The number of piperidine rings is 1. The quantitative estimate of drug-likeness (QED) is 0.567. The molecule has 2 aliphatic rings. The van der Waals surface area contributed by atoms with E-state index in [1.807, 2.05) is 4.90 Å². The Bertz CT molecular complexity index is 515. The molecule has 0 bridgehead atoms. The van der Waals surface area contributed by atoms with Crippen LogP contribution in [0.25, 0.3) is 0 Å². The van der Waals surface area contributed by atoms with Gasteiger partial charge in [-0.1, -0.05) is 25.5 Å². The van der Waals surface area contributed by atoms with E-state index >= 15 is 0 Å². The van der Waals surface area contributed by atoms with E-state index in [9.17, 15) is 9.59 Å². The molecule has 2 atom stereocenters. The van der Waals surface area contributed by atoms with Gasteiger partial charge in [0.15, 0.2) is 0 Å². The van der Waals surface area contributed by atoms with Crippen molar-refractivity contribution in [1.29, 1.82) is 0 Å². The van der Waals surface area contributed by atoms with Crippen molar-refractivity contribution in [1.82, 2.24) is 10.2 Å². The molecule has 2 rings (SSSR count). The van der Waals surface area contributed by atoms with Crippen molar-refractivity contribution >= 4 is 11.8 Å². The number of ether oxygens (including phenoxy) is 1. The molecule has 1 saturated carbocycles. The fourth-order valence-corrected chi connectivity index (χ4v) is 3.95. The van der Waals surface area contributed by atoms with Gasteiger partial charge < -0.3 is 15.0 Å². The number of amides is 2. The highest BCUT2D eigenvalue weighted by Gasteiger charge is 2.61. The lowest BCUT2D eigenvalue weighted by Gasteiger charge is -2.32. The number of hydrogen-bond donors (Lipinski definition) is 1. The molecule has 1 saturated heterocycles. The maximum Gasteiger partial charge on any atom is 0.226 e. The van der Waals surface area contributed by atoms with Gasteiger partial charge in [0.1, 0.15) is 0 Å². The van der Waals surface area contributed by atoms with Crippen LogP contribution in [0.3, 0.4) is 0 Å². The third-order valence-corrected chi connectivity index (χ3v) is 5.69. The third-order valence-electron chi connectivity index (χ3n) is 5.69. The first-order valence-corrected chi connectivity index (χ1v) is 9.49. The smallest absolute Gasteiger partial charge is 0.226 e. The van der Waals surface area contributed by atoms with Crippen LogP contribution in [0, 0.1) is 23.2 Å². The monoisotopic (exact) mass is 350 g/mol. The number of carbonyl (C=O) groups is 2. The molecular weight excluding hydrogens is 316 g/mol. The lowest BCUT2D eigenvalue weighted by atomic mass is 9.95. The van der Waals surface area contributed by atoms with Gasteiger partial charge in [-0.25, -0.2) is 0 Å². The molecule has 1 N–H and O–H groups in total. The van der Waals surface area contributed by atoms with Gasteiger partial charge in [-0.3, -0.25) is 9.59 Å². The second-order valence-electron chi connectivity index (χ2n) is 8.31. The maximum atomic E-state index is 12.9. The zero-order valence-electron chi connectivity index (χ0n) is 16.4. The predicted octanol–water partition coefficient (Wildman–Crippen LogP) is 2.62. The Hall–Kier alpha value is -1.36. The molecule has 0 aromatic carbocycles. The van der Waals surface area contributed by atoms with Gasteiger partial charge in [-0.2, -0.15) is 0 Å². The highest BCUT2D eigenvalue weighted by Crippen LogP contribution is 2.60. The average Bonchev–Trinajstić information content (AvgIpc) is 3.10. The van der Waals surface area contributed by atoms with Crippen molar-refractivity contribution in [2.75, 3.05) is 33.4 Å². The molecule has 5 heteroatoms. The van der Waals surface area contributed by atoms with Crippen LogP contribution in [0.2, 0.25) is 0 Å². The summed E-state index contributed by atoms with van der Waals surface area (Å²) in [4.78, 5) is 27.0. The summed E-state index contributed by atoms with van der Waals surface area (Å²) in [5.74, 6) is 0.879. The molecule has 1 aliphatic heterocycles. The van der Waals surface area contributed by atoms with E-state index in [-0.39, 0.29) is 29.1 Å². The van der Waals surface area contributed by atoms with Crippen LogP contribution in [0.5, 0.6) is 0 Å². The molecule has 2 fully saturated rings. The number of hydrogen-bond acceptors (Lipinski definition) is 3. The van der Waals surface area contributed by atoms with Crippen LogP contribution in [-0.2, 0) is 14.3 Å². The highest BCUT2D eigenvalue weighted by molar-refractivity contribution is 5.84. The van der Waals surface area contributed by atoms with Crippen LogP contribution in [0.1, 0.15) is 47.0 Å². The Kier molecular flexibility index (Phi) is 6.66. The lowest BCUT2D eigenvalue weighted by Crippen LogP contribution is -2.44. The second-order valence-corrected chi connectivity index (χ2v) is 8.31. The number of nitrogens with zero attached hydrogens (tertiary/aromatic N) is 1. The molecule has 0 aromatic heterocycles. The molecule has 0 unspecified atom stereocenters. The van der Waals surface area contributed by atoms with Crippen molar-refractivity contribution < 1.29 is 14.3 Å². The van der Waals surface area contributed by atoms with E-state index in [1.165, 1.54) is 5.57 Å². The van der Waals surface area contributed by atoms with Gasteiger partial charge >= 0.3 is 0 Å². The standard InChI is InChI=1S/C20H34N2O3/c1-14(2)13-16-17(20(16,3)4)19(24)22-10-7-15(8-11-22)18(23)21-9-6-12-25-5/h13,15-17H,6-12H2,1-5H3,(H,21,23)/t16-,17+/m1/s1. The highest BCUT2D eigenvalue weighted by atomic mass is 16.5. The van der Waals surface area contributed by atoms with Crippen LogP contribution < -0.4 is 5.32 Å². The molecular formula is C20H34N2O3.